The van der Waals surface area contributed by atoms with E-state index in [2.05, 4.69) is 17.2 Å². The number of aromatic nitrogens is 3. The maximum atomic E-state index is 11.3. The molecule has 112 valence electrons. The van der Waals surface area contributed by atoms with Crippen LogP contribution < -0.4 is 5.73 Å². The molecule has 0 saturated carbocycles. The van der Waals surface area contributed by atoms with Crippen molar-refractivity contribution in [1.82, 2.24) is 15.0 Å². The Hall–Kier alpha value is -2.37. The van der Waals surface area contributed by atoms with E-state index in [1.807, 2.05) is 6.07 Å². The third kappa shape index (κ3) is 3.59. The summed E-state index contributed by atoms with van der Waals surface area (Å²) >= 11 is 0. The molecule has 2 rings (SSSR count). The van der Waals surface area contributed by atoms with E-state index in [0.29, 0.717) is 17.9 Å². The number of nitrogens with zero attached hydrogens (tertiary/aromatic N) is 3. The van der Waals surface area contributed by atoms with E-state index in [1.54, 1.807) is 22.9 Å². The SMILES string of the molecule is CCCCCCn1nnc(C(=O)O)c1-c1cccc(N)c1. The predicted molar refractivity (Wildman–Crippen MR) is 81.0 cm³/mol. The van der Waals surface area contributed by atoms with Crippen molar-refractivity contribution < 1.29 is 9.90 Å². The van der Waals surface area contributed by atoms with Crippen molar-refractivity contribution in [3.8, 4) is 11.3 Å². The number of nitrogen functional groups attached to an aromatic ring is 1. The van der Waals surface area contributed by atoms with Gasteiger partial charge in [-0.3, -0.25) is 0 Å². The van der Waals surface area contributed by atoms with Gasteiger partial charge in [-0.2, -0.15) is 0 Å². The highest BCUT2D eigenvalue weighted by atomic mass is 16.4. The molecule has 0 spiro atoms. The normalized spacial score (nSPS) is 10.7. The fourth-order valence-corrected chi connectivity index (χ4v) is 2.27. The van der Waals surface area contributed by atoms with E-state index in [0.717, 1.165) is 31.2 Å². The lowest BCUT2D eigenvalue weighted by Gasteiger charge is -2.08. The number of nitrogens with two attached hydrogens (primary N) is 1. The fourth-order valence-electron chi connectivity index (χ4n) is 2.27. The molecule has 1 aromatic carbocycles. The van der Waals surface area contributed by atoms with E-state index in [-0.39, 0.29) is 5.69 Å². The number of hydrogen-bond acceptors (Lipinski definition) is 4. The first-order valence-corrected chi connectivity index (χ1v) is 7.16. The number of carboxylic acid groups (broad SMARTS) is 1. The molecule has 0 bridgehead atoms. The van der Waals surface area contributed by atoms with Crippen LogP contribution in [0.3, 0.4) is 0 Å². The molecule has 6 heteroatoms. The van der Waals surface area contributed by atoms with Crippen LogP contribution in [0, 0.1) is 0 Å². The molecule has 0 fully saturated rings. The van der Waals surface area contributed by atoms with Crippen LogP contribution in [-0.4, -0.2) is 26.1 Å². The van der Waals surface area contributed by atoms with Gasteiger partial charge in [-0.1, -0.05) is 43.5 Å². The van der Waals surface area contributed by atoms with E-state index in [9.17, 15) is 9.90 Å². The summed E-state index contributed by atoms with van der Waals surface area (Å²) in [4.78, 5) is 11.3. The quantitative estimate of drug-likeness (QED) is 0.603. The Morgan fingerprint density at radius 1 is 1.33 bits per heavy atom. The zero-order valence-electron chi connectivity index (χ0n) is 12.1. The lowest BCUT2D eigenvalue weighted by atomic mass is 10.1. The van der Waals surface area contributed by atoms with E-state index >= 15 is 0 Å². The molecule has 1 aromatic heterocycles. The fraction of sp³-hybridized carbons (Fsp3) is 0.400. The number of benzene rings is 1. The van der Waals surface area contributed by atoms with E-state index in [1.165, 1.54) is 0 Å². The van der Waals surface area contributed by atoms with Crippen LogP contribution in [0.15, 0.2) is 24.3 Å². The average molecular weight is 288 g/mol. The lowest BCUT2D eigenvalue weighted by molar-refractivity contribution is 0.0691. The van der Waals surface area contributed by atoms with E-state index in [4.69, 9.17) is 5.73 Å². The highest BCUT2D eigenvalue weighted by Gasteiger charge is 2.20. The Morgan fingerprint density at radius 2 is 2.14 bits per heavy atom. The summed E-state index contributed by atoms with van der Waals surface area (Å²) in [5, 5.41) is 17.1. The highest BCUT2D eigenvalue weighted by molar-refractivity contribution is 5.92. The van der Waals surface area contributed by atoms with E-state index < -0.39 is 5.97 Å². The van der Waals surface area contributed by atoms with Crippen molar-refractivity contribution >= 4 is 11.7 Å². The van der Waals surface area contributed by atoms with Crippen molar-refractivity contribution in [2.45, 2.75) is 39.2 Å². The minimum Gasteiger partial charge on any atom is -0.476 e. The molecule has 0 amide bonds. The molecule has 2 aromatic rings. The summed E-state index contributed by atoms with van der Waals surface area (Å²) in [5.74, 6) is -1.08. The van der Waals surface area contributed by atoms with Crippen LogP contribution in [0.25, 0.3) is 11.3 Å². The second-order valence-corrected chi connectivity index (χ2v) is 5.00. The molecule has 0 unspecified atom stereocenters. The van der Waals surface area contributed by atoms with Crippen LogP contribution in [0.5, 0.6) is 0 Å². The van der Waals surface area contributed by atoms with Gasteiger partial charge in [0.2, 0.25) is 0 Å². The second kappa shape index (κ2) is 6.88. The molecule has 21 heavy (non-hydrogen) atoms. The van der Waals surface area contributed by atoms with Gasteiger partial charge in [0.05, 0.1) is 0 Å². The molecule has 0 aliphatic rings. The molecule has 6 nitrogen and oxygen atoms in total. The van der Waals surface area contributed by atoms with Gasteiger partial charge in [0.25, 0.3) is 0 Å². The Kier molecular flexibility index (Phi) is 4.92. The van der Waals surface area contributed by atoms with Gasteiger partial charge in [0.1, 0.15) is 5.69 Å². The zero-order valence-corrected chi connectivity index (χ0v) is 12.1. The first-order valence-electron chi connectivity index (χ1n) is 7.16. The first kappa shape index (κ1) is 15.0. The van der Waals surface area contributed by atoms with Crippen LogP contribution in [0.4, 0.5) is 5.69 Å². The number of aryl methyl sites for hydroxylation is 1. The Bertz CT molecular complexity index is 622. The monoisotopic (exact) mass is 288 g/mol. The molecular formula is C15H20N4O2. The number of carbonyl (C=O) groups is 1. The largest absolute Gasteiger partial charge is 0.476 e. The van der Waals surface area contributed by atoms with Gasteiger partial charge in [0.15, 0.2) is 5.69 Å². The smallest absolute Gasteiger partial charge is 0.358 e. The second-order valence-electron chi connectivity index (χ2n) is 5.00. The minimum absolute atomic E-state index is 0.0314. The first-order chi connectivity index (χ1) is 10.1. The lowest BCUT2D eigenvalue weighted by Crippen LogP contribution is -2.05. The number of aromatic carboxylic acids is 1. The molecule has 0 aliphatic heterocycles. The van der Waals surface area contributed by atoms with Gasteiger partial charge < -0.3 is 10.8 Å². The topological polar surface area (TPSA) is 94.0 Å². The predicted octanol–water partition coefficient (Wildman–Crippen LogP) is 2.81. The summed E-state index contributed by atoms with van der Waals surface area (Å²) in [7, 11) is 0. The van der Waals surface area contributed by atoms with Crippen molar-refractivity contribution in [2.75, 3.05) is 5.73 Å². The van der Waals surface area contributed by atoms with Crippen molar-refractivity contribution in [2.24, 2.45) is 0 Å². The Morgan fingerprint density at radius 3 is 2.81 bits per heavy atom. The molecule has 3 N–H and O–H groups in total. The number of anilines is 1. The number of unbranched alkanes of at least 4 members (excludes halogenated alkanes) is 3. The maximum Gasteiger partial charge on any atom is 0.358 e. The average Bonchev–Trinajstić information content (AvgIpc) is 2.87. The maximum absolute atomic E-state index is 11.3. The molecule has 1 heterocycles. The molecule has 0 atom stereocenters. The summed E-state index contributed by atoms with van der Waals surface area (Å²) in [6, 6.07) is 7.13. The Labute approximate surface area is 123 Å². The third-order valence-electron chi connectivity index (χ3n) is 3.32. The van der Waals surface area contributed by atoms with Gasteiger partial charge in [-0.05, 0) is 18.6 Å². The number of rotatable bonds is 7. The van der Waals surface area contributed by atoms with Crippen LogP contribution in [0.2, 0.25) is 0 Å². The molecule has 0 aliphatic carbocycles. The third-order valence-corrected chi connectivity index (χ3v) is 3.32. The van der Waals surface area contributed by atoms with Crippen molar-refractivity contribution in [3.05, 3.63) is 30.0 Å². The van der Waals surface area contributed by atoms with Crippen LogP contribution in [0.1, 0.15) is 43.1 Å². The zero-order chi connectivity index (χ0) is 15.2. The molecule has 0 radical (unpaired) electrons. The van der Waals surface area contributed by atoms with Gasteiger partial charge in [0, 0.05) is 17.8 Å². The Balaban J connectivity index is 2.31. The van der Waals surface area contributed by atoms with Gasteiger partial charge in [-0.25, -0.2) is 9.48 Å². The summed E-state index contributed by atoms with van der Waals surface area (Å²) in [6.45, 7) is 2.81. The highest BCUT2D eigenvalue weighted by Crippen LogP contribution is 2.24. The van der Waals surface area contributed by atoms with Crippen LogP contribution >= 0.6 is 0 Å². The summed E-state index contributed by atoms with van der Waals surface area (Å²) in [6.07, 6.45) is 4.36. The minimum atomic E-state index is -1.08. The molecule has 0 saturated heterocycles. The van der Waals surface area contributed by atoms with Gasteiger partial charge >= 0.3 is 5.97 Å². The standard InChI is InChI=1S/C15H20N4O2/c1-2-3-4-5-9-19-14(13(15(20)21)17-18-19)11-7-6-8-12(16)10-11/h6-8,10H,2-5,9,16H2,1H3,(H,20,21). The summed E-state index contributed by atoms with van der Waals surface area (Å²) in [5.41, 5.74) is 7.59. The van der Waals surface area contributed by atoms with Gasteiger partial charge in [-0.15, -0.1) is 5.10 Å². The van der Waals surface area contributed by atoms with Crippen LogP contribution in [-0.2, 0) is 6.54 Å². The van der Waals surface area contributed by atoms with Crippen molar-refractivity contribution in [3.63, 3.8) is 0 Å². The number of carboxylic acids is 1. The van der Waals surface area contributed by atoms with Crippen molar-refractivity contribution in [1.29, 1.82) is 0 Å². The summed E-state index contributed by atoms with van der Waals surface area (Å²) < 4.78 is 1.66. The molecular weight excluding hydrogens is 268 g/mol. The number of hydrogen-bond donors (Lipinski definition) is 2.